The molecule has 0 atom stereocenters. The molecule has 0 aliphatic heterocycles. The minimum atomic E-state index is -4.27. The van der Waals surface area contributed by atoms with E-state index in [2.05, 4.69) is 4.40 Å². The molecule has 9 heteroatoms. The van der Waals surface area contributed by atoms with Crippen molar-refractivity contribution < 1.29 is 22.9 Å². The molecule has 0 N–H and O–H groups in total. The number of sulfonamides is 1. The molecule has 158 valence electrons. The Balaban J connectivity index is 1.96. The fraction of sp³-hybridized carbons (Fsp3) is 0.136. The zero-order valence-electron chi connectivity index (χ0n) is 16.7. The Labute approximate surface area is 184 Å². The first-order valence-corrected chi connectivity index (χ1v) is 11.3. The van der Waals surface area contributed by atoms with Gasteiger partial charge in [-0.25, -0.2) is 9.13 Å². The molecule has 1 aromatic heterocycles. The van der Waals surface area contributed by atoms with Gasteiger partial charge >= 0.3 is 0 Å². The van der Waals surface area contributed by atoms with Crippen LogP contribution < -0.4 is 9.67 Å². The molecule has 7 nitrogen and oxygen atoms in total. The summed E-state index contributed by atoms with van der Waals surface area (Å²) >= 11 is 5.84. The summed E-state index contributed by atoms with van der Waals surface area (Å²) in [6.07, 6.45) is 4.96. The van der Waals surface area contributed by atoms with Gasteiger partial charge in [-0.2, -0.15) is 12.8 Å². The van der Waals surface area contributed by atoms with Crippen molar-refractivity contribution in [2.45, 2.75) is 24.8 Å². The van der Waals surface area contributed by atoms with E-state index in [1.54, 1.807) is 36.9 Å². The van der Waals surface area contributed by atoms with Crippen LogP contribution in [0.5, 0.6) is 0 Å². The molecule has 2 aromatic carbocycles. The van der Waals surface area contributed by atoms with Gasteiger partial charge in [-0.15, -0.1) is 0 Å². The van der Waals surface area contributed by atoms with Crippen LogP contribution in [-0.2, 0) is 10.0 Å². The second-order valence-electron chi connectivity index (χ2n) is 7.28. The monoisotopic (exact) mass is 455 g/mol. The molecule has 0 saturated heterocycles. The summed E-state index contributed by atoms with van der Waals surface area (Å²) in [6.45, 7) is 3.91. The summed E-state index contributed by atoms with van der Waals surface area (Å²) in [5.74, 6) is -1.11. The fourth-order valence-electron chi connectivity index (χ4n) is 3.26. The summed E-state index contributed by atoms with van der Waals surface area (Å²) in [6, 6.07) is 11.8. The van der Waals surface area contributed by atoms with Crippen molar-refractivity contribution in [3.8, 4) is 0 Å². The maximum atomic E-state index is 13.3. The molecule has 0 spiro atoms. The molecule has 1 aliphatic carbocycles. The Morgan fingerprint density at radius 1 is 1.06 bits per heavy atom. The molecule has 0 unspecified atom stereocenters. The minimum Gasteiger partial charge on any atom is -0.869 e. The smallest absolute Gasteiger partial charge is 0.283 e. The highest BCUT2D eigenvalue weighted by molar-refractivity contribution is 7.90. The second-order valence-corrected chi connectivity index (χ2v) is 9.32. The third-order valence-electron chi connectivity index (χ3n) is 4.91. The number of ketones is 1. The molecule has 0 bridgehead atoms. The third-order valence-corrected chi connectivity index (χ3v) is 6.45. The first kappa shape index (κ1) is 21.0. The van der Waals surface area contributed by atoms with E-state index >= 15 is 0 Å². The normalized spacial score (nSPS) is 15.6. The molecule has 0 amide bonds. The molecular weight excluding hydrogens is 438 g/mol. The predicted octanol–water partition coefficient (Wildman–Crippen LogP) is 2.72. The Hall–Kier alpha value is -3.23. The van der Waals surface area contributed by atoms with Crippen molar-refractivity contribution in [2.75, 3.05) is 0 Å². The van der Waals surface area contributed by atoms with E-state index < -0.39 is 27.3 Å². The zero-order chi connectivity index (χ0) is 22.3. The average molecular weight is 456 g/mol. The molecule has 1 heterocycles. The largest absolute Gasteiger partial charge is 0.869 e. The standard InChI is InChI=1S/C22H18ClN3O4S/c1-14(2)25-11-12-26(13-25)20-19(21(27)17-5-3-4-6-18(17)22(20)28)24-31(29,30)16-9-7-15(23)8-10-16/h3-14H,1-2H3. The summed E-state index contributed by atoms with van der Waals surface area (Å²) in [5, 5.41) is 13.7. The Morgan fingerprint density at radius 2 is 1.71 bits per heavy atom. The predicted molar refractivity (Wildman–Crippen MR) is 115 cm³/mol. The van der Waals surface area contributed by atoms with Crippen LogP contribution in [0.1, 0.15) is 35.8 Å². The van der Waals surface area contributed by atoms with Gasteiger partial charge in [0.15, 0.2) is 11.4 Å². The van der Waals surface area contributed by atoms with Gasteiger partial charge in [0.2, 0.25) is 12.1 Å². The molecule has 3 aromatic rings. The molecule has 4 rings (SSSR count). The van der Waals surface area contributed by atoms with Crippen LogP contribution in [0.4, 0.5) is 0 Å². The zero-order valence-corrected chi connectivity index (χ0v) is 18.3. The lowest BCUT2D eigenvalue weighted by molar-refractivity contribution is -0.715. The molecule has 1 aliphatic rings. The van der Waals surface area contributed by atoms with Gasteiger partial charge in [0.1, 0.15) is 12.4 Å². The van der Waals surface area contributed by atoms with Crippen molar-refractivity contribution in [2.24, 2.45) is 4.40 Å². The number of aromatic nitrogens is 2. The SMILES string of the molecule is CC(C)[n+]1ccn(C2=C([O-])c3ccccc3C(=O)C2=NS(=O)(=O)c2ccc(Cl)cc2)c1. The van der Waals surface area contributed by atoms with Crippen LogP contribution in [0.25, 0.3) is 11.5 Å². The van der Waals surface area contributed by atoms with Crippen LogP contribution in [0.15, 0.2) is 76.5 Å². The van der Waals surface area contributed by atoms with Crippen molar-refractivity contribution in [3.05, 3.63) is 83.4 Å². The van der Waals surface area contributed by atoms with Gasteiger partial charge in [0.25, 0.3) is 10.0 Å². The van der Waals surface area contributed by atoms with Gasteiger partial charge in [-0.3, -0.25) is 4.79 Å². The maximum Gasteiger partial charge on any atom is 0.283 e. The lowest BCUT2D eigenvalue weighted by atomic mass is 9.91. The molecule has 0 radical (unpaired) electrons. The van der Waals surface area contributed by atoms with E-state index in [4.69, 9.17) is 11.6 Å². The van der Waals surface area contributed by atoms with Crippen LogP contribution in [-0.4, -0.2) is 24.5 Å². The number of carbonyl (C=O) groups excluding carboxylic acids is 1. The van der Waals surface area contributed by atoms with Gasteiger partial charge in [-0.1, -0.05) is 35.9 Å². The Bertz CT molecular complexity index is 1350. The Kier molecular flexibility index (Phi) is 5.28. The van der Waals surface area contributed by atoms with Gasteiger partial charge in [0.05, 0.1) is 10.9 Å². The molecule has 0 fully saturated rings. The minimum absolute atomic E-state index is 0.0988. The van der Waals surface area contributed by atoms with Crippen molar-refractivity contribution >= 4 is 44.6 Å². The first-order valence-electron chi connectivity index (χ1n) is 9.44. The molecule has 0 saturated carbocycles. The lowest BCUT2D eigenvalue weighted by Crippen LogP contribution is -2.34. The fourth-order valence-corrected chi connectivity index (χ4v) is 4.38. The van der Waals surface area contributed by atoms with Gasteiger partial charge in [-0.05, 0) is 49.4 Å². The summed E-state index contributed by atoms with van der Waals surface area (Å²) < 4.78 is 33.0. The van der Waals surface area contributed by atoms with Crippen LogP contribution in [0.3, 0.4) is 0 Å². The van der Waals surface area contributed by atoms with Crippen molar-refractivity contribution in [3.63, 3.8) is 0 Å². The number of imidazole rings is 1. The number of carbonyl (C=O) groups is 1. The summed E-state index contributed by atoms with van der Waals surface area (Å²) in [5.41, 5.74) is -0.217. The molecule has 31 heavy (non-hydrogen) atoms. The number of rotatable bonds is 4. The van der Waals surface area contributed by atoms with Crippen LogP contribution in [0, 0.1) is 0 Å². The lowest BCUT2D eigenvalue weighted by Gasteiger charge is -2.24. The second kappa shape index (κ2) is 7.79. The van der Waals surface area contributed by atoms with E-state index in [1.807, 2.05) is 18.4 Å². The topological polar surface area (TPSA) is 95.4 Å². The Morgan fingerprint density at radius 3 is 2.32 bits per heavy atom. The van der Waals surface area contributed by atoms with Crippen LogP contribution in [0.2, 0.25) is 5.02 Å². The third kappa shape index (κ3) is 3.80. The highest BCUT2D eigenvalue weighted by Gasteiger charge is 2.33. The average Bonchev–Trinajstić information content (AvgIpc) is 3.22. The number of allylic oxidation sites excluding steroid dienone is 1. The first-order chi connectivity index (χ1) is 14.7. The number of fused-ring (bicyclic) bond motifs is 1. The van der Waals surface area contributed by atoms with E-state index in [0.29, 0.717) is 5.02 Å². The van der Waals surface area contributed by atoms with E-state index in [9.17, 15) is 18.3 Å². The number of benzene rings is 2. The van der Waals surface area contributed by atoms with Gasteiger partial charge < -0.3 is 5.11 Å². The van der Waals surface area contributed by atoms with Crippen molar-refractivity contribution in [1.82, 2.24) is 4.57 Å². The summed E-state index contributed by atoms with van der Waals surface area (Å²) in [4.78, 5) is 13.1. The molecular formula is C22H18ClN3O4S. The number of nitrogens with zero attached hydrogens (tertiary/aromatic N) is 3. The highest BCUT2D eigenvalue weighted by Crippen LogP contribution is 2.30. The number of hydrogen-bond acceptors (Lipinski definition) is 4. The van der Waals surface area contributed by atoms with Gasteiger partial charge in [0, 0.05) is 10.6 Å². The van der Waals surface area contributed by atoms with E-state index in [-0.39, 0.29) is 27.8 Å². The van der Waals surface area contributed by atoms with E-state index in [1.165, 1.54) is 34.9 Å². The summed E-state index contributed by atoms with van der Waals surface area (Å²) in [7, 11) is -4.27. The number of hydrogen-bond donors (Lipinski definition) is 0. The number of halogens is 1. The van der Waals surface area contributed by atoms with Crippen molar-refractivity contribution in [1.29, 1.82) is 0 Å². The van der Waals surface area contributed by atoms with E-state index in [0.717, 1.165) is 0 Å². The highest BCUT2D eigenvalue weighted by atomic mass is 35.5. The quantitative estimate of drug-likeness (QED) is 0.565. The van der Waals surface area contributed by atoms with Crippen LogP contribution >= 0.6 is 11.6 Å². The number of Topliss-reactive ketones (excluding diaryl/α,β-unsaturated/α-hetero) is 1. The maximum absolute atomic E-state index is 13.3.